The molecule has 1 atom stereocenters. The Morgan fingerprint density at radius 3 is 2.57 bits per heavy atom. The second-order valence-electron chi connectivity index (χ2n) is 6.14. The van der Waals surface area contributed by atoms with Crippen LogP contribution >= 0.6 is 0 Å². The Kier molecular flexibility index (Phi) is 5.28. The quantitative estimate of drug-likeness (QED) is 0.747. The van der Waals surface area contributed by atoms with E-state index in [0.717, 1.165) is 37.2 Å². The largest absolute Gasteiger partial charge is 0.464 e. The van der Waals surface area contributed by atoms with Gasteiger partial charge in [-0.3, -0.25) is 0 Å². The SMILES string of the molecule is Cc1ccc(C(C)NC(=O)NCC2(O)CCCCCC2)o1. The summed E-state index contributed by atoms with van der Waals surface area (Å²) < 4.78 is 5.49. The number of aryl methyl sites for hydroxylation is 1. The van der Waals surface area contributed by atoms with Crippen molar-refractivity contribution >= 4 is 6.03 Å². The van der Waals surface area contributed by atoms with E-state index in [1.54, 1.807) is 0 Å². The van der Waals surface area contributed by atoms with Crippen LogP contribution in [0, 0.1) is 6.92 Å². The summed E-state index contributed by atoms with van der Waals surface area (Å²) in [6.07, 6.45) is 5.93. The fourth-order valence-electron chi connectivity index (χ4n) is 2.81. The highest BCUT2D eigenvalue weighted by Crippen LogP contribution is 2.26. The molecule has 21 heavy (non-hydrogen) atoms. The zero-order valence-electron chi connectivity index (χ0n) is 12.9. The number of carbonyl (C=O) groups excluding carboxylic acids is 1. The monoisotopic (exact) mass is 294 g/mol. The maximum atomic E-state index is 11.9. The molecule has 0 bridgehead atoms. The molecule has 0 aliphatic heterocycles. The summed E-state index contributed by atoms with van der Waals surface area (Å²) in [7, 11) is 0. The Bertz CT molecular complexity index is 462. The van der Waals surface area contributed by atoms with E-state index < -0.39 is 5.60 Å². The van der Waals surface area contributed by atoms with Crippen molar-refractivity contribution in [1.82, 2.24) is 10.6 Å². The third-order valence-corrected chi connectivity index (χ3v) is 4.15. The molecule has 0 saturated heterocycles. The number of hydrogen-bond acceptors (Lipinski definition) is 3. The standard InChI is InChI=1S/C16H26N2O3/c1-12-7-8-14(21-12)13(2)18-15(19)17-11-16(20)9-5-3-4-6-10-16/h7-8,13,20H,3-6,9-11H2,1-2H3,(H2,17,18,19). The Morgan fingerprint density at radius 2 is 2.00 bits per heavy atom. The predicted octanol–water partition coefficient (Wildman–Crippen LogP) is 3.03. The van der Waals surface area contributed by atoms with E-state index in [1.165, 1.54) is 12.8 Å². The number of hydrogen-bond donors (Lipinski definition) is 3. The van der Waals surface area contributed by atoms with E-state index in [0.29, 0.717) is 6.54 Å². The van der Waals surface area contributed by atoms with Crippen molar-refractivity contribution in [3.8, 4) is 0 Å². The zero-order valence-corrected chi connectivity index (χ0v) is 12.9. The van der Waals surface area contributed by atoms with Crippen molar-refractivity contribution in [3.63, 3.8) is 0 Å². The molecule has 1 saturated carbocycles. The fourth-order valence-corrected chi connectivity index (χ4v) is 2.81. The number of nitrogens with one attached hydrogen (secondary N) is 2. The van der Waals surface area contributed by atoms with E-state index in [4.69, 9.17) is 4.42 Å². The van der Waals surface area contributed by atoms with Gasteiger partial charge in [0.25, 0.3) is 0 Å². The highest BCUT2D eigenvalue weighted by molar-refractivity contribution is 5.74. The van der Waals surface area contributed by atoms with Gasteiger partial charge in [-0.2, -0.15) is 0 Å². The lowest BCUT2D eigenvalue weighted by Gasteiger charge is -2.27. The second kappa shape index (κ2) is 6.98. The molecule has 1 aromatic heterocycles. The second-order valence-corrected chi connectivity index (χ2v) is 6.14. The van der Waals surface area contributed by atoms with Gasteiger partial charge in [-0.25, -0.2) is 4.79 Å². The summed E-state index contributed by atoms with van der Waals surface area (Å²) in [5.41, 5.74) is -0.752. The molecule has 118 valence electrons. The molecule has 2 amide bonds. The van der Waals surface area contributed by atoms with E-state index in [9.17, 15) is 9.90 Å². The summed E-state index contributed by atoms with van der Waals surface area (Å²) in [5.74, 6) is 1.56. The van der Waals surface area contributed by atoms with Crippen LogP contribution in [-0.2, 0) is 0 Å². The summed E-state index contributed by atoms with van der Waals surface area (Å²) in [6, 6.07) is 3.27. The highest BCUT2D eigenvalue weighted by Gasteiger charge is 2.28. The first-order valence-corrected chi connectivity index (χ1v) is 7.82. The molecule has 1 unspecified atom stereocenters. The molecule has 3 N–H and O–H groups in total. The van der Waals surface area contributed by atoms with Gasteiger partial charge in [0.15, 0.2) is 0 Å². The predicted molar refractivity (Wildman–Crippen MR) is 81.0 cm³/mol. The molecule has 2 rings (SSSR count). The van der Waals surface area contributed by atoms with Crippen molar-refractivity contribution < 1.29 is 14.3 Å². The van der Waals surface area contributed by atoms with Gasteiger partial charge in [-0.05, 0) is 38.8 Å². The number of carbonyl (C=O) groups is 1. The topological polar surface area (TPSA) is 74.5 Å². The molecule has 1 aliphatic rings. The Morgan fingerprint density at radius 1 is 1.33 bits per heavy atom. The lowest BCUT2D eigenvalue weighted by Crippen LogP contribution is -2.46. The third-order valence-electron chi connectivity index (χ3n) is 4.15. The average molecular weight is 294 g/mol. The maximum absolute atomic E-state index is 11.9. The minimum atomic E-state index is -0.752. The molecular weight excluding hydrogens is 268 g/mol. The molecule has 1 aliphatic carbocycles. The van der Waals surface area contributed by atoms with Gasteiger partial charge >= 0.3 is 6.03 Å². The minimum Gasteiger partial charge on any atom is -0.464 e. The van der Waals surface area contributed by atoms with Gasteiger partial charge in [0.05, 0.1) is 11.6 Å². The maximum Gasteiger partial charge on any atom is 0.315 e. The van der Waals surface area contributed by atoms with Crippen molar-refractivity contribution in [2.24, 2.45) is 0 Å². The van der Waals surface area contributed by atoms with Crippen LogP contribution in [0.4, 0.5) is 4.79 Å². The molecule has 0 radical (unpaired) electrons. The fraction of sp³-hybridized carbons (Fsp3) is 0.688. The third kappa shape index (κ3) is 4.77. The van der Waals surface area contributed by atoms with Gasteiger partial charge in [0.2, 0.25) is 0 Å². The lowest BCUT2D eigenvalue weighted by molar-refractivity contribution is 0.0276. The van der Waals surface area contributed by atoms with Gasteiger partial charge in [-0.1, -0.05) is 25.7 Å². The van der Waals surface area contributed by atoms with Crippen LogP contribution in [0.1, 0.15) is 63.0 Å². The number of urea groups is 1. The lowest BCUT2D eigenvalue weighted by atomic mass is 9.94. The first-order valence-electron chi connectivity index (χ1n) is 7.82. The highest BCUT2D eigenvalue weighted by atomic mass is 16.3. The van der Waals surface area contributed by atoms with E-state index in [2.05, 4.69) is 10.6 Å². The molecule has 0 aromatic carbocycles. The zero-order chi connectivity index (χ0) is 15.3. The molecule has 1 aromatic rings. The number of amides is 2. The molecule has 1 fully saturated rings. The van der Waals surface area contributed by atoms with Crippen LogP contribution in [0.15, 0.2) is 16.5 Å². The summed E-state index contributed by atoms with van der Waals surface area (Å²) in [5, 5.41) is 16.1. The Balaban J connectivity index is 1.78. The van der Waals surface area contributed by atoms with Crippen LogP contribution < -0.4 is 10.6 Å². The molecule has 0 spiro atoms. The van der Waals surface area contributed by atoms with E-state index in [-0.39, 0.29) is 12.1 Å². The summed E-state index contributed by atoms with van der Waals surface area (Å²) >= 11 is 0. The normalized spacial score (nSPS) is 19.6. The Hall–Kier alpha value is -1.49. The smallest absolute Gasteiger partial charge is 0.315 e. The first kappa shape index (κ1) is 15.9. The van der Waals surface area contributed by atoms with E-state index >= 15 is 0 Å². The van der Waals surface area contributed by atoms with Crippen LogP contribution in [0.2, 0.25) is 0 Å². The van der Waals surface area contributed by atoms with Gasteiger partial charge < -0.3 is 20.2 Å². The minimum absolute atomic E-state index is 0.192. The van der Waals surface area contributed by atoms with Crippen LogP contribution in [0.25, 0.3) is 0 Å². The summed E-state index contributed by atoms with van der Waals surface area (Å²) in [4.78, 5) is 11.9. The molecule has 5 heteroatoms. The average Bonchev–Trinajstić information content (AvgIpc) is 2.76. The first-order chi connectivity index (χ1) is 9.98. The molecule has 5 nitrogen and oxygen atoms in total. The number of rotatable bonds is 4. The molecular formula is C16H26N2O3. The van der Waals surface area contributed by atoms with Crippen molar-refractivity contribution in [2.45, 2.75) is 64.0 Å². The van der Waals surface area contributed by atoms with Crippen LogP contribution in [0.3, 0.4) is 0 Å². The van der Waals surface area contributed by atoms with Gasteiger partial charge in [0, 0.05) is 6.54 Å². The van der Waals surface area contributed by atoms with Gasteiger partial charge in [0.1, 0.15) is 11.5 Å². The van der Waals surface area contributed by atoms with Gasteiger partial charge in [-0.15, -0.1) is 0 Å². The number of furan rings is 1. The Labute approximate surface area is 126 Å². The van der Waals surface area contributed by atoms with Crippen LogP contribution in [-0.4, -0.2) is 23.3 Å². The van der Waals surface area contributed by atoms with Crippen molar-refractivity contribution in [2.75, 3.05) is 6.54 Å². The van der Waals surface area contributed by atoms with Crippen molar-refractivity contribution in [1.29, 1.82) is 0 Å². The molecule has 1 heterocycles. The van der Waals surface area contributed by atoms with Crippen molar-refractivity contribution in [3.05, 3.63) is 23.7 Å². The summed E-state index contributed by atoms with van der Waals surface area (Å²) in [6.45, 7) is 4.05. The van der Waals surface area contributed by atoms with Crippen LogP contribution in [0.5, 0.6) is 0 Å². The van der Waals surface area contributed by atoms with E-state index in [1.807, 2.05) is 26.0 Å². The number of aliphatic hydroxyl groups is 1.